The maximum absolute atomic E-state index is 12.9. The Labute approximate surface area is 179 Å². The molecule has 0 saturated heterocycles. The number of nitrogens with zero attached hydrogens (tertiary/aromatic N) is 1. The Morgan fingerprint density at radius 2 is 1.87 bits per heavy atom. The summed E-state index contributed by atoms with van der Waals surface area (Å²) in [5, 5.41) is 0. The van der Waals surface area contributed by atoms with Gasteiger partial charge in [0.15, 0.2) is 0 Å². The smallest absolute Gasteiger partial charge is 0.392 e. The van der Waals surface area contributed by atoms with Crippen LogP contribution in [0.1, 0.15) is 64.0 Å². The van der Waals surface area contributed by atoms with Crippen molar-refractivity contribution in [2.45, 2.75) is 76.3 Å². The van der Waals surface area contributed by atoms with Crippen molar-refractivity contribution in [1.29, 1.82) is 0 Å². The zero-order valence-corrected chi connectivity index (χ0v) is 18.8. The number of benzene rings is 1. The first-order valence-electron chi connectivity index (χ1n) is 10.3. The summed E-state index contributed by atoms with van der Waals surface area (Å²) in [6, 6.07) is 5.39. The summed E-state index contributed by atoms with van der Waals surface area (Å²) in [5.41, 5.74) is 2.54. The highest BCUT2D eigenvalue weighted by atomic mass is 32.2. The van der Waals surface area contributed by atoms with Crippen LogP contribution in [0.3, 0.4) is 0 Å². The molecule has 1 aromatic carbocycles. The first-order valence-corrected chi connectivity index (χ1v) is 11.4. The normalized spacial score (nSPS) is 26.8. The lowest BCUT2D eigenvalue weighted by Gasteiger charge is -2.37. The van der Waals surface area contributed by atoms with Crippen molar-refractivity contribution >= 4 is 17.1 Å². The number of alkyl halides is 3. The van der Waals surface area contributed by atoms with E-state index in [4.69, 9.17) is 9.47 Å². The van der Waals surface area contributed by atoms with Gasteiger partial charge in [0.25, 0.3) is 0 Å². The van der Waals surface area contributed by atoms with Crippen molar-refractivity contribution < 1.29 is 27.2 Å². The van der Waals surface area contributed by atoms with Gasteiger partial charge in [-0.2, -0.15) is 13.2 Å². The molecule has 3 rings (SSSR count). The molecule has 168 valence electrons. The Morgan fingerprint density at radius 1 is 1.20 bits per heavy atom. The van der Waals surface area contributed by atoms with E-state index in [2.05, 4.69) is 4.40 Å². The maximum Gasteiger partial charge on any atom is 0.392 e. The second-order valence-corrected chi connectivity index (χ2v) is 11.1. The molecule has 0 amide bonds. The van der Waals surface area contributed by atoms with Gasteiger partial charge in [-0.05, 0) is 70.6 Å². The topological polar surface area (TPSA) is 53.9 Å². The standard InChI is InChI=1S/C22H30F3NO3S/c1-20(2,3)30(27)26-19-18-13-17(29-12-11-22(23,24)25)6-5-15(18)14-21(19)9-7-16(28-4)8-10-21/h5-6,13,16H,7-12,14H2,1-4H3/b26-19+. The average Bonchev–Trinajstić information content (AvgIpc) is 2.93. The van der Waals surface area contributed by atoms with Gasteiger partial charge in [0.05, 0.1) is 19.1 Å². The van der Waals surface area contributed by atoms with E-state index in [0.717, 1.165) is 48.9 Å². The van der Waals surface area contributed by atoms with E-state index in [1.165, 1.54) is 0 Å². The molecule has 1 aromatic rings. The third-order valence-electron chi connectivity index (χ3n) is 5.94. The third-order valence-corrected chi connectivity index (χ3v) is 7.34. The number of ether oxygens (including phenoxy) is 2. The number of hydrogen-bond acceptors (Lipinski definition) is 4. The molecule has 1 unspecified atom stereocenters. The first-order chi connectivity index (χ1) is 13.9. The van der Waals surface area contributed by atoms with Crippen LogP contribution >= 0.6 is 0 Å². The second-order valence-electron chi connectivity index (χ2n) is 9.23. The van der Waals surface area contributed by atoms with Gasteiger partial charge < -0.3 is 14.0 Å². The maximum atomic E-state index is 12.9. The van der Waals surface area contributed by atoms with Crippen molar-refractivity contribution in [3.63, 3.8) is 0 Å². The Morgan fingerprint density at radius 3 is 2.43 bits per heavy atom. The molecule has 1 fully saturated rings. The highest BCUT2D eigenvalue weighted by Gasteiger charge is 2.48. The quantitative estimate of drug-likeness (QED) is 0.570. The van der Waals surface area contributed by atoms with Gasteiger partial charge in [0.2, 0.25) is 0 Å². The molecule has 0 radical (unpaired) electrons. The van der Waals surface area contributed by atoms with Gasteiger partial charge in [-0.15, -0.1) is 0 Å². The predicted molar refractivity (Wildman–Crippen MR) is 112 cm³/mol. The van der Waals surface area contributed by atoms with Crippen LogP contribution in [0.25, 0.3) is 0 Å². The van der Waals surface area contributed by atoms with Gasteiger partial charge in [0.1, 0.15) is 27.6 Å². The molecule has 8 heteroatoms. The van der Waals surface area contributed by atoms with E-state index < -0.39 is 35.3 Å². The van der Waals surface area contributed by atoms with Gasteiger partial charge >= 0.3 is 6.18 Å². The van der Waals surface area contributed by atoms with Crippen molar-refractivity contribution in [2.75, 3.05) is 13.7 Å². The third kappa shape index (κ3) is 5.32. The molecule has 0 aliphatic heterocycles. The monoisotopic (exact) mass is 445 g/mol. The summed E-state index contributed by atoms with van der Waals surface area (Å²) < 4.78 is 65.3. The van der Waals surface area contributed by atoms with Crippen molar-refractivity contribution in [2.24, 2.45) is 9.81 Å². The fourth-order valence-corrected chi connectivity index (χ4v) is 4.93. The Hall–Kier alpha value is -1.25. The van der Waals surface area contributed by atoms with E-state index in [-0.39, 0.29) is 11.5 Å². The average molecular weight is 446 g/mol. The lowest BCUT2D eigenvalue weighted by atomic mass is 9.70. The largest absolute Gasteiger partial charge is 0.591 e. The minimum atomic E-state index is -4.25. The van der Waals surface area contributed by atoms with Gasteiger partial charge in [-0.1, -0.05) is 10.5 Å². The molecule has 1 saturated carbocycles. The molecule has 0 aromatic heterocycles. The summed E-state index contributed by atoms with van der Waals surface area (Å²) in [7, 11) is 1.72. The fraction of sp³-hybridized carbons (Fsp3) is 0.682. The summed E-state index contributed by atoms with van der Waals surface area (Å²) in [6.07, 6.45) is -0.675. The molecule has 1 atom stereocenters. The van der Waals surface area contributed by atoms with Crippen LogP contribution in [0.2, 0.25) is 0 Å². The van der Waals surface area contributed by atoms with Crippen molar-refractivity contribution in [3.8, 4) is 5.75 Å². The molecule has 2 aliphatic carbocycles. The molecule has 0 N–H and O–H groups in total. The predicted octanol–water partition coefficient (Wildman–Crippen LogP) is 5.40. The van der Waals surface area contributed by atoms with E-state index in [0.29, 0.717) is 5.75 Å². The summed E-state index contributed by atoms with van der Waals surface area (Å²) in [5.74, 6) is 0.384. The molecule has 30 heavy (non-hydrogen) atoms. The van der Waals surface area contributed by atoms with Crippen LogP contribution in [-0.4, -0.2) is 41.0 Å². The van der Waals surface area contributed by atoms with Crippen LogP contribution in [0, 0.1) is 5.41 Å². The molecular formula is C22H30F3NO3S. The zero-order chi connectivity index (χ0) is 22.2. The number of methoxy groups -OCH3 is 1. The van der Waals surface area contributed by atoms with Gasteiger partial charge in [-0.25, -0.2) is 0 Å². The Balaban J connectivity index is 1.91. The van der Waals surface area contributed by atoms with E-state index in [9.17, 15) is 17.7 Å². The second kappa shape index (κ2) is 8.71. The minimum absolute atomic E-state index is 0.205. The van der Waals surface area contributed by atoms with Crippen LogP contribution in [0.4, 0.5) is 13.2 Å². The molecule has 0 bridgehead atoms. The number of fused-ring (bicyclic) bond motifs is 1. The summed E-state index contributed by atoms with van der Waals surface area (Å²) >= 11 is -1.43. The summed E-state index contributed by atoms with van der Waals surface area (Å²) in [6.45, 7) is 5.22. The zero-order valence-electron chi connectivity index (χ0n) is 18.0. The number of rotatable bonds is 5. The van der Waals surface area contributed by atoms with E-state index in [1.807, 2.05) is 26.8 Å². The van der Waals surface area contributed by atoms with Crippen LogP contribution in [-0.2, 0) is 22.5 Å². The number of hydrogen-bond donors (Lipinski definition) is 0. The molecule has 4 nitrogen and oxygen atoms in total. The minimum Gasteiger partial charge on any atom is -0.591 e. The highest BCUT2D eigenvalue weighted by Crippen LogP contribution is 2.49. The fourth-order valence-electron chi connectivity index (χ4n) is 4.20. The summed E-state index contributed by atoms with van der Waals surface area (Å²) in [4.78, 5) is 0. The van der Waals surface area contributed by atoms with Crippen molar-refractivity contribution in [3.05, 3.63) is 29.3 Å². The molecule has 1 spiro atoms. The highest BCUT2D eigenvalue weighted by molar-refractivity contribution is 7.91. The van der Waals surface area contributed by atoms with Crippen molar-refractivity contribution in [1.82, 2.24) is 0 Å². The molecule has 2 aliphatic rings. The van der Waals surface area contributed by atoms with Crippen LogP contribution in [0.5, 0.6) is 5.75 Å². The number of halogens is 3. The lowest BCUT2D eigenvalue weighted by Crippen LogP contribution is -2.37. The first kappa shape index (κ1) is 23.4. The molecular weight excluding hydrogens is 415 g/mol. The van der Waals surface area contributed by atoms with E-state index in [1.54, 1.807) is 19.2 Å². The molecule has 0 heterocycles. The Bertz CT molecular complexity index is 781. The SMILES string of the molecule is COC1CCC2(CC1)Cc1ccc(OCCC(F)(F)F)cc1/C2=N\[S+]([O-])C(C)(C)C. The van der Waals surface area contributed by atoms with Gasteiger partial charge in [-0.3, -0.25) is 0 Å². The lowest BCUT2D eigenvalue weighted by molar-refractivity contribution is -0.139. The van der Waals surface area contributed by atoms with Gasteiger partial charge in [0, 0.05) is 18.1 Å². The van der Waals surface area contributed by atoms with E-state index >= 15 is 0 Å². The van der Waals surface area contributed by atoms with Crippen LogP contribution < -0.4 is 4.74 Å². The Kier molecular flexibility index (Phi) is 6.80. The van der Waals surface area contributed by atoms with Crippen LogP contribution in [0.15, 0.2) is 22.6 Å².